The van der Waals surface area contributed by atoms with E-state index in [1.807, 2.05) is 35.2 Å². The van der Waals surface area contributed by atoms with Crippen LogP contribution in [-0.2, 0) is 27.9 Å². The van der Waals surface area contributed by atoms with Crippen LogP contribution in [0.25, 0.3) is 0 Å². The van der Waals surface area contributed by atoms with Crippen LogP contribution in [-0.4, -0.2) is 43.7 Å². The van der Waals surface area contributed by atoms with Crippen LogP contribution in [0.2, 0.25) is 0 Å². The van der Waals surface area contributed by atoms with E-state index < -0.39 is 10.0 Å². The normalized spacial score (nSPS) is 17.9. The molecule has 0 spiro atoms. The van der Waals surface area contributed by atoms with E-state index >= 15 is 0 Å². The van der Waals surface area contributed by atoms with Crippen molar-refractivity contribution < 1.29 is 17.9 Å². The fourth-order valence-corrected chi connectivity index (χ4v) is 6.59. The van der Waals surface area contributed by atoms with Crippen molar-refractivity contribution in [1.82, 2.24) is 9.21 Å². The summed E-state index contributed by atoms with van der Waals surface area (Å²) in [6.45, 7) is 3.38. The van der Waals surface area contributed by atoms with E-state index in [2.05, 4.69) is 31.2 Å². The third kappa shape index (κ3) is 6.99. The Bertz CT molecular complexity index is 1250. The van der Waals surface area contributed by atoms with E-state index in [1.54, 1.807) is 35.7 Å². The van der Waals surface area contributed by atoms with Gasteiger partial charge in [-0.05, 0) is 73.9 Å². The zero-order valence-corrected chi connectivity index (χ0v) is 22.4. The second-order valence-corrected chi connectivity index (χ2v) is 11.8. The average molecular weight is 521 g/mol. The van der Waals surface area contributed by atoms with Crippen LogP contribution in [0.5, 0.6) is 5.75 Å². The predicted octanol–water partition coefficient (Wildman–Crippen LogP) is 5.41. The highest BCUT2D eigenvalue weighted by molar-refractivity contribution is 7.89. The van der Waals surface area contributed by atoms with Gasteiger partial charge in [0.25, 0.3) is 0 Å². The lowest BCUT2D eigenvalue weighted by Gasteiger charge is -2.36. The molecule has 0 heterocycles. The van der Waals surface area contributed by atoms with Crippen molar-refractivity contribution in [2.75, 3.05) is 13.7 Å². The molecular weight excluding hydrogens is 484 g/mol. The molecule has 1 fully saturated rings. The molecule has 1 saturated carbocycles. The minimum Gasteiger partial charge on any atom is -0.497 e. The first-order valence-corrected chi connectivity index (χ1v) is 14.3. The van der Waals surface area contributed by atoms with Gasteiger partial charge in [-0.3, -0.25) is 4.79 Å². The van der Waals surface area contributed by atoms with E-state index in [4.69, 9.17) is 4.74 Å². The zero-order chi connectivity index (χ0) is 26.3. The van der Waals surface area contributed by atoms with Gasteiger partial charge in [0.2, 0.25) is 16.4 Å². The Morgan fingerprint density at radius 1 is 0.865 bits per heavy atom. The Labute approximate surface area is 220 Å². The van der Waals surface area contributed by atoms with Gasteiger partial charge >= 0.3 is 0 Å². The number of nitrogens with zero attached hydrogens (tertiary/aromatic N) is 2. The SMILES string of the molecule is COc1cccc(CN(CC2CCC(N(C=O)Cc3ccc(C)cc3)CC2)S(=O)(=O)c2ccccc2)c1. The second kappa shape index (κ2) is 12.4. The molecular formula is C30H36N2O4S. The summed E-state index contributed by atoms with van der Waals surface area (Å²) >= 11 is 0. The topological polar surface area (TPSA) is 66.9 Å². The van der Waals surface area contributed by atoms with Crippen LogP contribution in [0.1, 0.15) is 42.4 Å². The van der Waals surface area contributed by atoms with E-state index in [-0.39, 0.29) is 18.5 Å². The Morgan fingerprint density at radius 2 is 1.57 bits per heavy atom. The van der Waals surface area contributed by atoms with E-state index in [1.165, 1.54) is 5.56 Å². The number of carbonyl (C=O) groups is 1. The quantitative estimate of drug-likeness (QED) is 0.317. The monoisotopic (exact) mass is 520 g/mol. The van der Waals surface area contributed by atoms with Gasteiger partial charge in [-0.2, -0.15) is 4.31 Å². The molecule has 0 bridgehead atoms. The van der Waals surface area contributed by atoms with Gasteiger partial charge in [-0.1, -0.05) is 60.2 Å². The molecule has 3 aromatic rings. The molecule has 0 atom stereocenters. The van der Waals surface area contributed by atoms with Crippen molar-refractivity contribution in [2.45, 2.75) is 56.6 Å². The Balaban J connectivity index is 1.45. The van der Waals surface area contributed by atoms with Crippen LogP contribution in [0, 0.1) is 12.8 Å². The highest BCUT2D eigenvalue weighted by atomic mass is 32.2. The maximum atomic E-state index is 13.7. The highest BCUT2D eigenvalue weighted by Gasteiger charge is 2.31. The van der Waals surface area contributed by atoms with Crippen LogP contribution in [0.4, 0.5) is 0 Å². The van der Waals surface area contributed by atoms with Crippen LogP contribution >= 0.6 is 0 Å². The number of sulfonamides is 1. The first-order chi connectivity index (χ1) is 17.9. The maximum Gasteiger partial charge on any atom is 0.243 e. The van der Waals surface area contributed by atoms with Crippen LogP contribution in [0.15, 0.2) is 83.8 Å². The maximum absolute atomic E-state index is 13.7. The third-order valence-electron chi connectivity index (χ3n) is 7.24. The molecule has 0 aromatic heterocycles. The number of hydrogen-bond donors (Lipinski definition) is 0. The minimum atomic E-state index is -3.67. The van der Waals surface area contributed by atoms with Crippen molar-refractivity contribution >= 4 is 16.4 Å². The van der Waals surface area contributed by atoms with Crippen molar-refractivity contribution in [3.05, 3.63) is 95.6 Å². The molecule has 7 heteroatoms. The van der Waals surface area contributed by atoms with E-state index in [9.17, 15) is 13.2 Å². The minimum absolute atomic E-state index is 0.174. The largest absolute Gasteiger partial charge is 0.497 e. The van der Waals surface area contributed by atoms with Crippen LogP contribution in [0.3, 0.4) is 0 Å². The van der Waals surface area contributed by atoms with Gasteiger partial charge in [-0.15, -0.1) is 0 Å². The molecule has 4 rings (SSSR count). The average Bonchev–Trinajstić information content (AvgIpc) is 2.93. The summed E-state index contributed by atoms with van der Waals surface area (Å²) in [6, 6.07) is 24.6. The van der Waals surface area contributed by atoms with Gasteiger partial charge in [0.05, 0.1) is 12.0 Å². The fraction of sp³-hybridized carbons (Fsp3) is 0.367. The molecule has 1 aliphatic rings. The first kappa shape index (κ1) is 26.9. The number of ether oxygens (including phenoxy) is 1. The van der Waals surface area contributed by atoms with Crippen LogP contribution < -0.4 is 4.74 Å². The molecule has 0 radical (unpaired) electrons. The molecule has 0 saturated heterocycles. The Hall–Kier alpha value is -3.16. The number of rotatable bonds is 11. The molecule has 1 amide bonds. The number of amides is 1. The summed E-state index contributed by atoms with van der Waals surface area (Å²) < 4.78 is 34.3. The first-order valence-electron chi connectivity index (χ1n) is 12.8. The van der Waals surface area contributed by atoms with Gasteiger partial charge in [0, 0.05) is 25.7 Å². The zero-order valence-electron chi connectivity index (χ0n) is 21.6. The number of hydrogen-bond acceptors (Lipinski definition) is 4. The Kier molecular flexibility index (Phi) is 9.00. The molecule has 1 aliphatic carbocycles. The van der Waals surface area contributed by atoms with E-state index in [0.29, 0.717) is 23.7 Å². The molecule has 3 aromatic carbocycles. The fourth-order valence-electron chi connectivity index (χ4n) is 5.07. The summed E-state index contributed by atoms with van der Waals surface area (Å²) in [5.41, 5.74) is 3.21. The summed E-state index contributed by atoms with van der Waals surface area (Å²) in [6.07, 6.45) is 4.45. The molecule has 196 valence electrons. The number of carbonyl (C=O) groups excluding carboxylic acids is 1. The third-order valence-corrected chi connectivity index (χ3v) is 9.07. The Morgan fingerprint density at radius 3 is 2.22 bits per heavy atom. The van der Waals surface area contributed by atoms with Crippen molar-refractivity contribution in [3.8, 4) is 5.75 Å². The standard InChI is InChI=1S/C30H36N2O4S/c1-24-11-13-25(14-12-24)20-31(23-33)28-17-15-26(16-18-28)21-32(22-27-7-6-8-29(19-27)36-2)37(34,35)30-9-4-3-5-10-30/h3-14,19,23,26,28H,15-18,20-22H2,1-2H3. The molecule has 0 N–H and O–H groups in total. The summed E-state index contributed by atoms with van der Waals surface area (Å²) in [5, 5.41) is 0. The number of methoxy groups -OCH3 is 1. The smallest absolute Gasteiger partial charge is 0.243 e. The highest BCUT2D eigenvalue weighted by Crippen LogP contribution is 2.31. The van der Waals surface area contributed by atoms with Crippen molar-refractivity contribution in [3.63, 3.8) is 0 Å². The second-order valence-electron chi connectivity index (χ2n) is 9.90. The summed E-state index contributed by atoms with van der Waals surface area (Å²) in [4.78, 5) is 14.1. The lowest BCUT2D eigenvalue weighted by molar-refractivity contribution is -0.121. The van der Waals surface area contributed by atoms with E-state index in [0.717, 1.165) is 43.2 Å². The summed E-state index contributed by atoms with van der Waals surface area (Å²) in [5.74, 6) is 0.936. The lowest BCUT2D eigenvalue weighted by atomic mass is 9.85. The van der Waals surface area contributed by atoms with Gasteiger partial charge in [-0.25, -0.2) is 8.42 Å². The molecule has 6 nitrogen and oxygen atoms in total. The molecule has 0 unspecified atom stereocenters. The van der Waals surface area contributed by atoms with Crippen molar-refractivity contribution in [2.24, 2.45) is 5.92 Å². The van der Waals surface area contributed by atoms with Gasteiger partial charge in [0.15, 0.2) is 0 Å². The van der Waals surface area contributed by atoms with Gasteiger partial charge < -0.3 is 9.64 Å². The predicted molar refractivity (Wildman–Crippen MR) is 146 cm³/mol. The van der Waals surface area contributed by atoms with Crippen molar-refractivity contribution in [1.29, 1.82) is 0 Å². The van der Waals surface area contributed by atoms with Gasteiger partial charge in [0.1, 0.15) is 5.75 Å². The lowest BCUT2D eigenvalue weighted by Crippen LogP contribution is -2.40. The molecule has 37 heavy (non-hydrogen) atoms. The number of benzene rings is 3. The summed E-state index contributed by atoms with van der Waals surface area (Å²) in [7, 11) is -2.06. The number of aryl methyl sites for hydroxylation is 1. The molecule has 0 aliphatic heterocycles.